The Labute approximate surface area is 402 Å². The Morgan fingerprint density at radius 3 is 1.62 bits per heavy atom. The highest BCUT2D eigenvalue weighted by molar-refractivity contribution is 5.89. The molecule has 1 aliphatic heterocycles. The van der Waals surface area contributed by atoms with Gasteiger partial charge in [0.15, 0.2) is 29.2 Å². The van der Waals surface area contributed by atoms with E-state index < -0.39 is 79.0 Å². The third-order valence-electron chi connectivity index (χ3n) is 18.7. The first-order valence-electron chi connectivity index (χ1n) is 23.6. The standard InChI is InChI=1S/C22H29NO5.C21H27NO5.C4H8O2.HIO6.2H2/c1-20-8-12-10-23-28-17(12)7-13(20)3-4-14-15-5-6-22(27,18(26)11-24)21(15,2)9-16(25)19(14)20;1-19-8-11-10-22-27-16(11)7-12(19)3-4-13-14-5-6-21(26,18(24)25)20(14,2)9-15(23)17(13)19;5-4-2-1-3-6-4;2-1(3,4)6-7-5;;/h7,10,14-16,19,24-25,27H,3-6,8-9,11H2,1-2H3;7,10,13-15,17,23,26H,3-6,8-9H2,1-2H3,(H,24,25);4-5H,1-3H2;5H;2*1H/t14?,15?,16-,19?,20-,21-,22-;13?,14?,15-,17?,19-,20-,21-;;;;/m00..../s1. The number of hydrogen-bond acceptors (Lipinski definition) is 19. The Balaban J connectivity index is 0.000000179. The number of halogens is 1. The summed E-state index contributed by atoms with van der Waals surface area (Å²) in [4.78, 5) is 24.3. The smallest absolute Gasteiger partial charge is 0.426 e. The topological polar surface area (TPSA) is 345 Å². The molecule has 8 N–H and O–H groups in total. The molecule has 68 heavy (non-hydrogen) atoms. The van der Waals surface area contributed by atoms with Crippen LogP contribution in [0.3, 0.4) is 0 Å². The number of carbonyl (C=O) groups excluding carboxylic acids is 1. The molecule has 11 rings (SSSR count). The van der Waals surface area contributed by atoms with Crippen LogP contribution in [0.4, 0.5) is 0 Å². The van der Waals surface area contributed by atoms with Crippen molar-refractivity contribution in [3.05, 3.63) is 46.2 Å². The minimum Gasteiger partial charge on any atom is -0.479 e. The van der Waals surface area contributed by atoms with E-state index in [-0.39, 0.29) is 55.6 Å². The summed E-state index contributed by atoms with van der Waals surface area (Å²) in [6, 6.07) is 0. The number of Topliss-reactive ketones (excluding diaryl/α,β-unsaturated/α-hetero) is 1. The zero-order valence-corrected chi connectivity index (χ0v) is 40.9. The van der Waals surface area contributed by atoms with Crippen molar-refractivity contribution in [2.24, 2.45) is 57.2 Å². The van der Waals surface area contributed by atoms with E-state index in [4.69, 9.17) is 24.1 Å². The van der Waals surface area contributed by atoms with Crippen molar-refractivity contribution in [2.75, 3.05) is 13.2 Å². The molecule has 9 aliphatic rings. The third-order valence-corrected chi connectivity index (χ3v) is 19.3. The van der Waals surface area contributed by atoms with Gasteiger partial charge < -0.3 is 49.5 Å². The lowest BCUT2D eigenvalue weighted by atomic mass is 9.45. The zero-order chi connectivity index (χ0) is 49.4. The van der Waals surface area contributed by atoms with Gasteiger partial charge in [-0.2, -0.15) is 0 Å². The fourth-order valence-corrected chi connectivity index (χ4v) is 15.8. The Hall–Kier alpha value is -2.75. The number of fused-ring (bicyclic) bond motifs is 12. The van der Waals surface area contributed by atoms with E-state index in [0.717, 1.165) is 87.0 Å². The molecular formula is C47H69IN2O18. The van der Waals surface area contributed by atoms with Crippen LogP contribution in [0.2, 0.25) is 0 Å². The summed E-state index contributed by atoms with van der Waals surface area (Å²) in [6.07, 6.45) is 16.1. The van der Waals surface area contributed by atoms with Gasteiger partial charge in [-0.05, 0) is 142 Å². The van der Waals surface area contributed by atoms with Crippen molar-refractivity contribution in [3.63, 3.8) is 0 Å². The number of rotatable bonds is 5. The Morgan fingerprint density at radius 1 is 0.779 bits per heavy atom. The second kappa shape index (κ2) is 18.7. The lowest BCUT2D eigenvalue weighted by Gasteiger charge is -2.60. The molecule has 3 heterocycles. The van der Waals surface area contributed by atoms with Crippen LogP contribution in [-0.2, 0) is 35.4 Å². The molecule has 7 unspecified atom stereocenters. The van der Waals surface area contributed by atoms with Crippen LogP contribution in [0, 0.1) is 57.2 Å². The summed E-state index contributed by atoms with van der Waals surface area (Å²) < 4.78 is 46.0. The molecule has 21 heteroatoms. The van der Waals surface area contributed by atoms with E-state index in [1.165, 1.54) is 11.1 Å². The zero-order valence-electron chi connectivity index (χ0n) is 38.8. The molecule has 382 valence electrons. The number of aliphatic hydroxyl groups excluding tert-OH is 4. The van der Waals surface area contributed by atoms with Gasteiger partial charge in [0.2, 0.25) is 3.22 Å². The highest BCUT2D eigenvalue weighted by Gasteiger charge is 2.70. The number of allylic oxidation sites excluding steroid dienone is 2. The minimum absolute atomic E-state index is 0. The predicted molar refractivity (Wildman–Crippen MR) is 228 cm³/mol. The van der Waals surface area contributed by atoms with Gasteiger partial charge in [-0.25, -0.2) is 10.1 Å². The average Bonchev–Trinajstić information content (AvgIpc) is 4.11. The molecular weight excluding hydrogens is 1010 g/mol. The SMILES string of the molecule is C[C@]12Cc3cnoc3C=C1CCC1C2[C@@H](O)C[C@@]2(C)C1CC[C@]2(O)C(=O)CO.C[C@]12Cc3cnoc3C=C1CCC1C2[C@@H](O)C[C@@]2(C)C1CC[C@]2(O)C(=O)O.OC1CCCO1.[HH].[HH].[O-][I+3]([O-])([O-])OOO. The fraction of sp³-hybridized carbons (Fsp3) is 0.745. The van der Waals surface area contributed by atoms with Crippen molar-refractivity contribution in [1.82, 2.24) is 10.3 Å². The molecule has 0 bridgehead atoms. The molecule has 2 aromatic heterocycles. The lowest BCUT2D eigenvalue weighted by molar-refractivity contribution is -1.93. The summed E-state index contributed by atoms with van der Waals surface area (Å²) in [5.41, 5.74) is -0.297. The number of ketones is 1. The van der Waals surface area contributed by atoms with Crippen LogP contribution < -0.4 is 30.4 Å². The maximum absolute atomic E-state index is 12.5. The quantitative estimate of drug-likeness (QED) is 0.0978. The van der Waals surface area contributed by atoms with Crippen LogP contribution in [-0.4, -0.2) is 106 Å². The molecule has 15 atom stereocenters. The largest absolute Gasteiger partial charge is 0.479 e. The molecule has 20 nitrogen and oxygen atoms in total. The number of carbonyl (C=O) groups is 2. The van der Waals surface area contributed by atoms with E-state index in [9.17, 15) is 50.5 Å². The van der Waals surface area contributed by atoms with Gasteiger partial charge in [0.05, 0.1) is 24.6 Å². The number of carboxylic acid groups (broad SMARTS) is 1. The van der Waals surface area contributed by atoms with Gasteiger partial charge in [-0.1, -0.05) is 49.2 Å². The first-order chi connectivity index (χ1) is 31.9. The summed E-state index contributed by atoms with van der Waals surface area (Å²) in [7, 11) is 0. The second-order valence-electron chi connectivity index (χ2n) is 21.7. The summed E-state index contributed by atoms with van der Waals surface area (Å²) in [6.45, 7) is 8.40. The molecule has 0 spiro atoms. The van der Waals surface area contributed by atoms with Gasteiger partial charge in [0.25, 0.3) is 0 Å². The van der Waals surface area contributed by atoms with Crippen LogP contribution in [0.15, 0.2) is 32.6 Å². The van der Waals surface area contributed by atoms with Crippen LogP contribution in [0.1, 0.15) is 130 Å². The van der Waals surface area contributed by atoms with E-state index in [1.807, 2.05) is 13.8 Å². The van der Waals surface area contributed by atoms with Crippen molar-refractivity contribution in [3.8, 4) is 0 Å². The molecule has 2 aromatic rings. The summed E-state index contributed by atoms with van der Waals surface area (Å²) >= 11 is -5.74. The van der Waals surface area contributed by atoms with Crippen LogP contribution in [0.5, 0.6) is 0 Å². The molecule has 1 saturated heterocycles. The van der Waals surface area contributed by atoms with E-state index >= 15 is 0 Å². The number of carboxylic acids is 1. The normalized spacial score (nSPS) is 42.6. The Morgan fingerprint density at radius 2 is 1.25 bits per heavy atom. The average molecular weight is 1080 g/mol. The number of hydrogen-bond donors (Lipinski definition) is 8. The van der Waals surface area contributed by atoms with Gasteiger partial charge in [0, 0.05) is 42.9 Å². The van der Waals surface area contributed by atoms with Crippen molar-refractivity contribution in [2.45, 2.75) is 147 Å². The van der Waals surface area contributed by atoms with Gasteiger partial charge in [-0.15, -0.1) is 0 Å². The van der Waals surface area contributed by atoms with Crippen molar-refractivity contribution < 1.29 is 106 Å². The predicted octanol–water partition coefficient (Wildman–Crippen LogP) is -1.32. The number of aliphatic carboxylic acids is 1. The Bertz CT molecular complexity index is 2270. The summed E-state index contributed by atoms with van der Waals surface area (Å²) in [5.74, 6) is 0.925. The lowest BCUT2D eigenvalue weighted by Crippen LogP contribution is -4.24. The number of ether oxygens (including phenoxy) is 1. The van der Waals surface area contributed by atoms with E-state index in [2.05, 4.69) is 44.6 Å². The first kappa shape index (κ1) is 51.6. The fourth-order valence-electron chi connectivity index (χ4n) is 15.6. The van der Waals surface area contributed by atoms with Gasteiger partial charge >= 0.3 is 26.1 Å². The van der Waals surface area contributed by atoms with Crippen LogP contribution in [0.25, 0.3) is 12.2 Å². The van der Waals surface area contributed by atoms with E-state index in [1.54, 1.807) is 12.4 Å². The Kier molecular flexibility index (Phi) is 14.2. The third kappa shape index (κ3) is 8.46. The monoisotopic (exact) mass is 1080 g/mol. The van der Waals surface area contributed by atoms with Gasteiger partial charge in [-0.3, -0.25) is 15.1 Å². The molecule has 6 saturated carbocycles. The minimum atomic E-state index is -5.74. The highest BCUT2D eigenvalue weighted by Crippen LogP contribution is 2.69. The maximum Gasteiger partial charge on any atom is 0.426 e. The van der Waals surface area contributed by atoms with Crippen molar-refractivity contribution in [1.29, 1.82) is 0 Å². The van der Waals surface area contributed by atoms with Crippen molar-refractivity contribution >= 4 is 23.9 Å². The highest BCUT2D eigenvalue weighted by atomic mass is 127. The first-order valence-corrected chi connectivity index (χ1v) is 27.1. The number of nitrogens with zero attached hydrogens (tertiary/aromatic N) is 2. The molecule has 7 fully saturated rings. The van der Waals surface area contributed by atoms with Crippen LogP contribution >= 0.6 is 0 Å². The number of aromatic nitrogens is 2. The van der Waals surface area contributed by atoms with E-state index in [0.29, 0.717) is 25.7 Å². The molecule has 0 aromatic carbocycles. The molecule has 0 amide bonds. The molecule has 8 aliphatic carbocycles. The second-order valence-corrected chi connectivity index (χ2v) is 24.2. The summed E-state index contributed by atoms with van der Waals surface area (Å²) in [5, 5.41) is 90.1. The molecule has 0 radical (unpaired) electrons. The maximum atomic E-state index is 12.5. The van der Waals surface area contributed by atoms with Gasteiger partial charge in [0.1, 0.15) is 12.2 Å². The number of aliphatic hydroxyl groups is 6.